The molecular formula is C25H36F3NO4. The number of ether oxygens (including phenoxy) is 2. The number of nitrogens with one attached hydrogen (secondary N) is 1. The molecule has 0 spiro atoms. The molecule has 2 saturated carbocycles. The fourth-order valence-electron chi connectivity index (χ4n) is 5.17. The van der Waals surface area contributed by atoms with Gasteiger partial charge in [0.2, 0.25) is 0 Å². The summed E-state index contributed by atoms with van der Waals surface area (Å²) in [5.74, 6) is -0.686. The number of hydrogen-bond donors (Lipinski definition) is 2. The van der Waals surface area contributed by atoms with Crippen molar-refractivity contribution in [1.82, 2.24) is 5.32 Å². The number of aliphatic carboxylic acids is 1. The molecule has 0 bridgehead atoms. The van der Waals surface area contributed by atoms with Gasteiger partial charge in [-0.05, 0) is 56.4 Å². The third-order valence-electron chi connectivity index (χ3n) is 7.41. The van der Waals surface area contributed by atoms with Crippen LogP contribution in [-0.2, 0) is 14.9 Å². The Labute approximate surface area is 194 Å². The van der Waals surface area contributed by atoms with E-state index >= 15 is 0 Å². The summed E-state index contributed by atoms with van der Waals surface area (Å²) in [6.07, 6.45) is 5.78. The molecule has 1 aromatic carbocycles. The molecule has 8 heteroatoms. The van der Waals surface area contributed by atoms with Gasteiger partial charge in [0.1, 0.15) is 5.75 Å². The van der Waals surface area contributed by atoms with Crippen LogP contribution in [0.2, 0.25) is 0 Å². The lowest BCUT2D eigenvalue weighted by Gasteiger charge is -2.45. The molecule has 1 saturated heterocycles. The largest absolute Gasteiger partial charge is 0.496 e. The molecule has 0 aromatic heterocycles. The molecule has 0 atom stereocenters. The normalized spacial score (nSPS) is 21.4. The maximum absolute atomic E-state index is 10.6. The summed E-state index contributed by atoms with van der Waals surface area (Å²) >= 11 is 0. The van der Waals surface area contributed by atoms with Gasteiger partial charge < -0.3 is 19.9 Å². The van der Waals surface area contributed by atoms with Crippen molar-refractivity contribution in [2.45, 2.75) is 69.9 Å². The van der Waals surface area contributed by atoms with E-state index in [1.807, 2.05) is 0 Å². The van der Waals surface area contributed by atoms with Gasteiger partial charge in [0.25, 0.3) is 0 Å². The average Bonchev–Trinajstić information content (AvgIpc) is 3.56. The molecule has 2 N–H and O–H groups in total. The van der Waals surface area contributed by atoms with Crippen LogP contribution < -0.4 is 10.1 Å². The van der Waals surface area contributed by atoms with Crippen molar-refractivity contribution in [3.63, 3.8) is 0 Å². The Balaban J connectivity index is 0.000000383. The predicted molar refractivity (Wildman–Crippen MR) is 120 cm³/mol. The Bertz CT molecular complexity index is 797. The van der Waals surface area contributed by atoms with Crippen LogP contribution in [-0.4, -0.2) is 50.7 Å². The molecule has 1 aliphatic heterocycles. The van der Waals surface area contributed by atoms with Crippen LogP contribution >= 0.6 is 0 Å². The number of carboxylic acids is 1. The first-order valence-electron chi connectivity index (χ1n) is 11.8. The van der Waals surface area contributed by atoms with E-state index in [1.54, 1.807) is 7.11 Å². The van der Waals surface area contributed by atoms with E-state index in [2.05, 4.69) is 30.4 Å². The van der Waals surface area contributed by atoms with Gasteiger partial charge in [-0.15, -0.1) is 0 Å². The smallest absolute Gasteiger partial charge is 0.490 e. The molecule has 4 rings (SSSR count). The van der Waals surface area contributed by atoms with Gasteiger partial charge in [-0.2, -0.15) is 13.2 Å². The van der Waals surface area contributed by atoms with Crippen molar-refractivity contribution in [2.24, 2.45) is 11.3 Å². The number of rotatable bonds is 8. The molecule has 1 heterocycles. The quantitative estimate of drug-likeness (QED) is 0.542. The third-order valence-corrected chi connectivity index (χ3v) is 7.41. The summed E-state index contributed by atoms with van der Waals surface area (Å²) in [6, 6.07) is 6.64. The summed E-state index contributed by atoms with van der Waals surface area (Å²) in [5, 5.41) is 11.1. The van der Waals surface area contributed by atoms with Crippen LogP contribution in [0.4, 0.5) is 13.2 Å². The van der Waals surface area contributed by atoms with Gasteiger partial charge >= 0.3 is 12.1 Å². The number of carbonyl (C=O) groups is 1. The lowest BCUT2D eigenvalue weighted by molar-refractivity contribution is -0.192. The van der Waals surface area contributed by atoms with E-state index < -0.39 is 12.1 Å². The standard InChI is InChI=1S/C23H35NO2.C2HF3O2/c1-18-4-7-21(25-2)20(14-18)23(10-12-26-13-11-23)17-24-16-22(8-3-9-22)15-19-5-6-19;3-2(4,5)1(6)7/h4,7,14,19,24H,3,5-6,8-13,15-17H2,1-2H3;(H,6,7). The monoisotopic (exact) mass is 471 g/mol. The van der Waals surface area contributed by atoms with Crippen LogP contribution in [0.5, 0.6) is 5.75 Å². The van der Waals surface area contributed by atoms with E-state index in [1.165, 1.54) is 56.2 Å². The molecule has 3 fully saturated rings. The second-order valence-electron chi connectivity index (χ2n) is 10.0. The van der Waals surface area contributed by atoms with Crippen LogP contribution in [0.1, 0.15) is 62.5 Å². The Morgan fingerprint density at radius 1 is 1.18 bits per heavy atom. The minimum Gasteiger partial charge on any atom is -0.496 e. The molecule has 1 aromatic rings. The Morgan fingerprint density at radius 3 is 2.30 bits per heavy atom. The second kappa shape index (κ2) is 10.6. The topological polar surface area (TPSA) is 67.8 Å². The molecule has 0 amide bonds. The summed E-state index contributed by atoms with van der Waals surface area (Å²) < 4.78 is 43.2. The fraction of sp³-hybridized carbons (Fsp3) is 0.720. The zero-order valence-corrected chi connectivity index (χ0v) is 19.6. The van der Waals surface area contributed by atoms with E-state index in [4.69, 9.17) is 19.4 Å². The summed E-state index contributed by atoms with van der Waals surface area (Å²) in [7, 11) is 1.80. The Hall–Kier alpha value is -1.80. The molecule has 0 unspecified atom stereocenters. The van der Waals surface area contributed by atoms with Crippen molar-refractivity contribution in [2.75, 3.05) is 33.4 Å². The molecule has 33 heavy (non-hydrogen) atoms. The van der Waals surface area contributed by atoms with Gasteiger partial charge in [0.05, 0.1) is 7.11 Å². The lowest BCUT2D eigenvalue weighted by atomic mass is 9.65. The summed E-state index contributed by atoms with van der Waals surface area (Å²) in [6.45, 7) is 6.13. The van der Waals surface area contributed by atoms with Crippen molar-refractivity contribution in [1.29, 1.82) is 0 Å². The van der Waals surface area contributed by atoms with Crippen LogP contribution in [0, 0.1) is 18.3 Å². The zero-order chi connectivity index (χ0) is 24.1. The highest BCUT2D eigenvalue weighted by Crippen LogP contribution is 2.51. The zero-order valence-electron chi connectivity index (χ0n) is 19.6. The second-order valence-corrected chi connectivity index (χ2v) is 10.0. The van der Waals surface area contributed by atoms with E-state index in [-0.39, 0.29) is 5.41 Å². The van der Waals surface area contributed by atoms with Crippen LogP contribution in [0.3, 0.4) is 0 Å². The number of aryl methyl sites for hydroxylation is 1. The number of hydrogen-bond acceptors (Lipinski definition) is 4. The van der Waals surface area contributed by atoms with Gasteiger partial charge in [0, 0.05) is 37.3 Å². The summed E-state index contributed by atoms with van der Waals surface area (Å²) in [4.78, 5) is 8.90. The minimum atomic E-state index is -5.08. The van der Waals surface area contributed by atoms with Crippen molar-refractivity contribution in [3.8, 4) is 5.75 Å². The fourth-order valence-corrected chi connectivity index (χ4v) is 5.17. The molecule has 0 radical (unpaired) electrons. The van der Waals surface area contributed by atoms with Gasteiger partial charge in [-0.25, -0.2) is 4.79 Å². The van der Waals surface area contributed by atoms with Gasteiger partial charge in [-0.3, -0.25) is 0 Å². The molecule has 5 nitrogen and oxygen atoms in total. The molecule has 2 aliphatic carbocycles. The predicted octanol–water partition coefficient (Wildman–Crippen LogP) is 5.25. The first kappa shape index (κ1) is 25.8. The number of halogens is 3. The highest BCUT2D eigenvalue weighted by atomic mass is 19.4. The number of alkyl halides is 3. The minimum absolute atomic E-state index is 0.139. The maximum atomic E-state index is 10.6. The van der Waals surface area contributed by atoms with E-state index in [0.717, 1.165) is 44.3 Å². The highest BCUT2D eigenvalue weighted by Gasteiger charge is 2.43. The Morgan fingerprint density at radius 2 is 1.82 bits per heavy atom. The maximum Gasteiger partial charge on any atom is 0.490 e. The summed E-state index contributed by atoms with van der Waals surface area (Å²) in [5.41, 5.74) is 3.43. The number of carboxylic acid groups (broad SMARTS) is 1. The number of benzene rings is 1. The lowest BCUT2D eigenvalue weighted by Crippen LogP contribution is -2.47. The van der Waals surface area contributed by atoms with Crippen molar-refractivity contribution >= 4 is 5.97 Å². The molecule has 186 valence electrons. The van der Waals surface area contributed by atoms with E-state index in [9.17, 15) is 13.2 Å². The first-order valence-corrected chi connectivity index (χ1v) is 11.8. The van der Waals surface area contributed by atoms with Crippen LogP contribution in [0.15, 0.2) is 18.2 Å². The molecule has 3 aliphatic rings. The average molecular weight is 472 g/mol. The van der Waals surface area contributed by atoms with Gasteiger partial charge in [0.15, 0.2) is 0 Å². The SMILES string of the molecule is COc1ccc(C)cc1C1(CNCC2(CC3CC3)CCC2)CCOCC1.O=C(O)C(F)(F)F. The van der Waals surface area contributed by atoms with E-state index in [0.29, 0.717) is 5.41 Å². The molecular weight excluding hydrogens is 435 g/mol. The third kappa shape index (κ3) is 6.85. The van der Waals surface area contributed by atoms with Gasteiger partial charge in [-0.1, -0.05) is 37.0 Å². The van der Waals surface area contributed by atoms with Crippen molar-refractivity contribution in [3.05, 3.63) is 29.3 Å². The highest BCUT2D eigenvalue weighted by molar-refractivity contribution is 5.73. The number of methoxy groups -OCH3 is 1. The van der Waals surface area contributed by atoms with Crippen molar-refractivity contribution < 1.29 is 32.5 Å². The first-order chi connectivity index (χ1) is 15.6. The Kier molecular flexibility index (Phi) is 8.32. The van der Waals surface area contributed by atoms with Crippen LogP contribution in [0.25, 0.3) is 0 Å².